The number of carbonyl (C=O) groups excluding carboxylic acids is 1. The molecule has 0 fully saturated rings. The first-order chi connectivity index (χ1) is 9.17. The molecule has 19 heavy (non-hydrogen) atoms. The fraction of sp³-hybridized carbons (Fsp3) is 0.357. The first kappa shape index (κ1) is 13.3. The lowest BCUT2D eigenvalue weighted by molar-refractivity contribution is -0.117. The summed E-state index contributed by atoms with van der Waals surface area (Å²) in [5.74, 6) is 2.05. The highest BCUT2D eigenvalue weighted by Gasteiger charge is 2.08. The Balaban J connectivity index is 2.00. The van der Waals surface area contributed by atoms with E-state index in [9.17, 15) is 4.79 Å². The maximum Gasteiger partial charge on any atom is 0.227 e. The Kier molecular flexibility index (Phi) is 4.28. The molecule has 100 valence electrons. The van der Waals surface area contributed by atoms with Crippen LogP contribution in [0.2, 0.25) is 0 Å². The zero-order chi connectivity index (χ0) is 13.7. The molecule has 0 aliphatic heterocycles. The standard InChI is InChI=1S/C14H16N2O3/c1-10(17)6-7-14-15-13(16-19-14)9-11-4-3-5-12(8-11)18-2/h3-5,8H,6-7,9H2,1-2H3. The van der Waals surface area contributed by atoms with Crippen LogP contribution in [0.3, 0.4) is 0 Å². The highest BCUT2D eigenvalue weighted by atomic mass is 16.5. The van der Waals surface area contributed by atoms with Gasteiger partial charge in [0, 0.05) is 19.3 Å². The maximum atomic E-state index is 10.9. The van der Waals surface area contributed by atoms with Crippen molar-refractivity contribution in [1.29, 1.82) is 0 Å². The van der Waals surface area contributed by atoms with E-state index in [4.69, 9.17) is 9.26 Å². The lowest BCUT2D eigenvalue weighted by Crippen LogP contribution is -1.95. The minimum Gasteiger partial charge on any atom is -0.497 e. The Labute approximate surface area is 111 Å². The van der Waals surface area contributed by atoms with Crippen molar-refractivity contribution in [3.8, 4) is 5.75 Å². The summed E-state index contributed by atoms with van der Waals surface area (Å²) < 4.78 is 10.3. The van der Waals surface area contributed by atoms with E-state index in [0.29, 0.717) is 31.0 Å². The first-order valence-corrected chi connectivity index (χ1v) is 6.11. The minimum atomic E-state index is 0.118. The molecule has 0 bridgehead atoms. The molecule has 1 heterocycles. The van der Waals surface area contributed by atoms with Crippen molar-refractivity contribution >= 4 is 5.78 Å². The average molecular weight is 260 g/mol. The quantitative estimate of drug-likeness (QED) is 0.796. The van der Waals surface area contributed by atoms with E-state index in [0.717, 1.165) is 11.3 Å². The fourth-order valence-corrected chi connectivity index (χ4v) is 1.71. The van der Waals surface area contributed by atoms with Gasteiger partial charge in [0.2, 0.25) is 5.89 Å². The second-order valence-electron chi connectivity index (χ2n) is 4.33. The van der Waals surface area contributed by atoms with Gasteiger partial charge < -0.3 is 14.1 Å². The summed E-state index contributed by atoms with van der Waals surface area (Å²) in [7, 11) is 1.63. The van der Waals surface area contributed by atoms with Crippen LogP contribution in [0.1, 0.15) is 30.6 Å². The zero-order valence-electron chi connectivity index (χ0n) is 11.0. The van der Waals surface area contributed by atoms with Gasteiger partial charge in [-0.3, -0.25) is 0 Å². The maximum absolute atomic E-state index is 10.9. The van der Waals surface area contributed by atoms with E-state index in [1.54, 1.807) is 14.0 Å². The SMILES string of the molecule is COc1cccc(Cc2noc(CCC(C)=O)n2)c1. The van der Waals surface area contributed by atoms with Crippen molar-refractivity contribution in [3.63, 3.8) is 0 Å². The first-order valence-electron chi connectivity index (χ1n) is 6.11. The Bertz CT molecular complexity index is 563. The topological polar surface area (TPSA) is 65.2 Å². The van der Waals surface area contributed by atoms with Gasteiger partial charge in [-0.2, -0.15) is 4.98 Å². The van der Waals surface area contributed by atoms with Crippen LogP contribution in [-0.4, -0.2) is 23.0 Å². The number of methoxy groups -OCH3 is 1. The van der Waals surface area contributed by atoms with Crippen LogP contribution in [-0.2, 0) is 17.6 Å². The number of hydrogen-bond acceptors (Lipinski definition) is 5. The normalized spacial score (nSPS) is 10.4. The lowest BCUT2D eigenvalue weighted by Gasteiger charge is -2.01. The molecular formula is C14H16N2O3. The third-order valence-corrected chi connectivity index (χ3v) is 2.70. The molecule has 0 aliphatic rings. The van der Waals surface area contributed by atoms with Crippen LogP contribution < -0.4 is 4.74 Å². The summed E-state index contributed by atoms with van der Waals surface area (Å²) in [6, 6.07) is 7.72. The second-order valence-corrected chi connectivity index (χ2v) is 4.33. The van der Waals surface area contributed by atoms with Crippen molar-refractivity contribution in [2.24, 2.45) is 0 Å². The van der Waals surface area contributed by atoms with Crippen LogP contribution in [0, 0.1) is 0 Å². The number of benzene rings is 1. The number of Topliss-reactive ketones (excluding diaryl/α,β-unsaturated/α-hetero) is 1. The van der Waals surface area contributed by atoms with Gasteiger partial charge in [0.1, 0.15) is 11.5 Å². The number of ether oxygens (including phenoxy) is 1. The number of carbonyl (C=O) groups is 1. The van der Waals surface area contributed by atoms with E-state index in [-0.39, 0.29) is 5.78 Å². The summed E-state index contributed by atoms with van der Waals surface area (Å²) in [6.07, 6.45) is 1.52. The second kappa shape index (κ2) is 6.13. The summed E-state index contributed by atoms with van der Waals surface area (Å²) in [5.41, 5.74) is 1.05. The molecule has 0 radical (unpaired) electrons. The smallest absolute Gasteiger partial charge is 0.227 e. The molecule has 2 aromatic rings. The highest BCUT2D eigenvalue weighted by Crippen LogP contribution is 2.15. The number of ketones is 1. The molecule has 1 aromatic heterocycles. The molecule has 0 aliphatic carbocycles. The van der Waals surface area contributed by atoms with E-state index in [1.165, 1.54) is 0 Å². The van der Waals surface area contributed by atoms with Gasteiger partial charge in [-0.05, 0) is 24.6 Å². The van der Waals surface area contributed by atoms with Gasteiger partial charge >= 0.3 is 0 Å². The third kappa shape index (κ3) is 3.91. The van der Waals surface area contributed by atoms with Gasteiger partial charge in [-0.1, -0.05) is 17.3 Å². The molecule has 0 spiro atoms. The summed E-state index contributed by atoms with van der Waals surface area (Å²) >= 11 is 0. The molecule has 0 amide bonds. The lowest BCUT2D eigenvalue weighted by atomic mass is 10.1. The van der Waals surface area contributed by atoms with Crippen LogP contribution in [0.5, 0.6) is 5.75 Å². The van der Waals surface area contributed by atoms with E-state index < -0.39 is 0 Å². The molecule has 5 heteroatoms. The van der Waals surface area contributed by atoms with Crippen LogP contribution in [0.4, 0.5) is 0 Å². The predicted octanol–water partition coefficient (Wildman–Crippen LogP) is 2.19. The molecular weight excluding hydrogens is 244 g/mol. The molecule has 5 nitrogen and oxygen atoms in total. The Morgan fingerprint density at radius 3 is 3.00 bits per heavy atom. The molecule has 0 N–H and O–H groups in total. The van der Waals surface area contributed by atoms with Crippen LogP contribution in [0.15, 0.2) is 28.8 Å². The van der Waals surface area contributed by atoms with Crippen molar-refractivity contribution < 1.29 is 14.1 Å². The summed E-state index contributed by atoms with van der Waals surface area (Å²) in [4.78, 5) is 15.1. The molecule has 0 saturated carbocycles. The Morgan fingerprint density at radius 2 is 2.26 bits per heavy atom. The van der Waals surface area contributed by atoms with Crippen molar-refractivity contribution in [3.05, 3.63) is 41.5 Å². The van der Waals surface area contributed by atoms with Gasteiger partial charge in [-0.25, -0.2) is 0 Å². The number of aromatic nitrogens is 2. The van der Waals surface area contributed by atoms with E-state index in [2.05, 4.69) is 10.1 Å². The molecule has 0 saturated heterocycles. The highest BCUT2D eigenvalue weighted by molar-refractivity contribution is 5.75. The molecule has 1 aromatic carbocycles. The third-order valence-electron chi connectivity index (χ3n) is 2.70. The number of nitrogens with zero attached hydrogens (tertiary/aromatic N) is 2. The van der Waals surface area contributed by atoms with Crippen LogP contribution in [0.25, 0.3) is 0 Å². The Hall–Kier alpha value is -2.17. The summed E-state index contributed by atoms with van der Waals surface area (Å²) in [6.45, 7) is 1.55. The number of aryl methyl sites for hydroxylation is 1. The average Bonchev–Trinajstić information content (AvgIpc) is 2.84. The van der Waals surface area contributed by atoms with Gasteiger partial charge in [0.25, 0.3) is 0 Å². The van der Waals surface area contributed by atoms with Crippen molar-refractivity contribution in [1.82, 2.24) is 10.1 Å². The van der Waals surface area contributed by atoms with E-state index in [1.807, 2.05) is 24.3 Å². The molecule has 0 atom stereocenters. The minimum absolute atomic E-state index is 0.118. The number of rotatable bonds is 6. The van der Waals surface area contributed by atoms with Gasteiger partial charge in [0.15, 0.2) is 5.82 Å². The predicted molar refractivity (Wildman–Crippen MR) is 69.1 cm³/mol. The fourth-order valence-electron chi connectivity index (χ4n) is 1.71. The number of hydrogen-bond donors (Lipinski definition) is 0. The largest absolute Gasteiger partial charge is 0.497 e. The van der Waals surface area contributed by atoms with Crippen molar-refractivity contribution in [2.45, 2.75) is 26.2 Å². The molecule has 0 unspecified atom stereocenters. The van der Waals surface area contributed by atoms with Crippen LogP contribution >= 0.6 is 0 Å². The summed E-state index contributed by atoms with van der Waals surface area (Å²) in [5, 5.41) is 3.91. The Morgan fingerprint density at radius 1 is 1.42 bits per heavy atom. The zero-order valence-corrected chi connectivity index (χ0v) is 11.0. The molecule has 2 rings (SSSR count). The van der Waals surface area contributed by atoms with Crippen molar-refractivity contribution in [2.75, 3.05) is 7.11 Å². The van der Waals surface area contributed by atoms with Gasteiger partial charge in [0.05, 0.1) is 7.11 Å². The van der Waals surface area contributed by atoms with Gasteiger partial charge in [-0.15, -0.1) is 0 Å². The van der Waals surface area contributed by atoms with E-state index >= 15 is 0 Å². The monoisotopic (exact) mass is 260 g/mol.